The molecule has 14 heavy (non-hydrogen) atoms. The quantitative estimate of drug-likeness (QED) is 0.729. The second-order valence-electron chi connectivity index (χ2n) is 3.37. The summed E-state index contributed by atoms with van der Waals surface area (Å²) in [5, 5.41) is 9.42. The van der Waals surface area contributed by atoms with Crippen LogP contribution in [0.3, 0.4) is 0 Å². The Hall–Kier alpha value is -0.480. The lowest BCUT2D eigenvalue weighted by molar-refractivity contribution is 0.0972. The number of alkyl halides is 1. The van der Waals surface area contributed by atoms with Gasteiger partial charge in [0, 0.05) is 11.9 Å². The van der Waals surface area contributed by atoms with Gasteiger partial charge in [-0.2, -0.15) is 0 Å². The van der Waals surface area contributed by atoms with E-state index in [0.717, 1.165) is 0 Å². The molecular formula is C9H16ClNO3. The van der Waals surface area contributed by atoms with Crippen LogP contribution in [0.25, 0.3) is 0 Å². The van der Waals surface area contributed by atoms with Crippen LogP contribution in [0.1, 0.15) is 19.8 Å². The van der Waals surface area contributed by atoms with Crippen LogP contribution in [0.2, 0.25) is 0 Å². The van der Waals surface area contributed by atoms with E-state index in [0.29, 0.717) is 31.9 Å². The van der Waals surface area contributed by atoms with E-state index in [4.69, 9.17) is 16.3 Å². The number of halogens is 1. The number of aliphatic hydroxyl groups excluding tert-OH is 1. The zero-order valence-corrected chi connectivity index (χ0v) is 9.04. The summed E-state index contributed by atoms with van der Waals surface area (Å²) in [5.74, 6) is 0.493. The first kappa shape index (κ1) is 11.6. The predicted octanol–water partition coefficient (Wildman–Crippen LogP) is 1.21. The molecule has 0 bridgehead atoms. The van der Waals surface area contributed by atoms with Crippen molar-refractivity contribution in [3.63, 3.8) is 0 Å². The van der Waals surface area contributed by atoms with Crippen molar-refractivity contribution in [1.82, 2.24) is 4.90 Å². The average Bonchev–Trinajstić information content (AvgIpc) is 2.48. The molecule has 0 aromatic carbocycles. The van der Waals surface area contributed by atoms with Crippen LogP contribution in [0.4, 0.5) is 4.79 Å². The van der Waals surface area contributed by atoms with Crippen LogP contribution in [-0.4, -0.2) is 47.3 Å². The molecule has 0 aliphatic carbocycles. The molecular weight excluding hydrogens is 206 g/mol. The van der Waals surface area contributed by atoms with Crippen molar-refractivity contribution in [2.24, 2.45) is 0 Å². The maximum absolute atomic E-state index is 11.4. The highest BCUT2D eigenvalue weighted by atomic mass is 35.5. The highest BCUT2D eigenvalue weighted by Gasteiger charge is 2.34. The minimum absolute atomic E-state index is 0.0292. The summed E-state index contributed by atoms with van der Waals surface area (Å²) in [6, 6.07) is 0.0292. The Morgan fingerprint density at radius 3 is 3.00 bits per heavy atom. The van der Waals surface area contributed by atoms with E-state index in [9.17, 15) is 9.90 Å². The van der Waals surface area contributed by atoms with E-state index in [1.165, 1.54) is 0 Å². The van der Waals surface area contributed by atoms with Crippen LogP contribution in [-0.2, 0) is 4.74 Å². The first-order valence-electron chi connectivity index (χ1n) is 4.86. The number of carbonyl (C=O) groups is 1. The van der Waals surface area contributed by atoms with Gasteiger partial charge in [0.25, 0.3) is 0 Å². The van der Waals surface area contributed by atoms with Gasteiger partial charge in [-0.3, -0.25) is 0 Å². The number of β-amino-alcohol motifs (C(OH)–C–C–N with tert-alkyl or cyclic N) is 1. The van der Waals surface area contributed by atoms with Gasteiger partial charge in [-0.25, -0.2) is 4.79 Å². The van der Waals surface area contributed by atoms with Crippen molar-refractivity contribution < 1.29 is 14.6 Å². The third-order valence-electron chi connectivity index (χ3n) is 2.34. The standard InChI is InChI=1S/C9H16ClNO3/c1-2-14-9(13)11-6-8(12)5-7(11)3-4-10/h7-8,12H,2-6H2,1H3/t7-,8-/m1/s1. The SMILES string of the molecule is CCOC(=O)N1C[C@H](O)C[C@H]1CCCl. The van der Waals surface area contributed by atoms with Crippen molar-refractivity contribution in [3.8, 4) is 0 Å². The molecule has 0 radical (unpaired) electrons. The molecule has 1 heterocycles. The molecule has 1 rings (SSSR count). The van der Waals surface area contributed by atoms with Crippen LogP contribution in [0, 0.1) is 0 Å². The number of likely N-dealkylation sites (tertiary alicyclic amines) is 1. The Morgan fingerprint density at radius 2 is 2.43 bits per heavy atom. The summed E-state index contributed by atoms with van der Waals surface area (Å²) >= 11 is 5.62. The molecule has 5 heteroatoms. The van der Waals surface area contributed by atoms with Crippen LogP contribution < -0.4 is 0 Å². The minimum Gasteiger partial charge on any atom is -0.450 e. The molecule has 1 aliphatic heterocycles. The van der Waals surface area contributed by atoms with E-state index in [1.807, 2.05) is 0 Å². The second-order valence-corrected chi connectivity index (χ2v) is 3.75. The Balaban J connectivity index is 2.52. The normalized spacial score (nSPS) is 26.6. The Labute approximate surface area is 88.8 Å². The Bertz CT molecular complexity index is 200. The minimum atomic E-state index is -0.437. The van der Waals surface area contributed by atoms with Gasteiger partial charge in [0.2, 0.25) is 0 Å². The summed E-state index contributed by atoms with van der Waals surface area (Å²) in [6.07, 6.45) is 0.523. The first-order valence-corrected chi connectivity index (χ1v) is 5.40. The fourth-order valence-electron chi connectivity index (χ4n) is 1.72. The Kier molecular flexibility index (Phi) is 4.48. The monoisotopic (exact) mass is 221 g/mol. The van der Waals surface area contributed by atoms with Gasteiger partial charge >= 0.3 is 6.09 Å². The highest BCUT2D eigenvalue weighted by Crippen LogP contribution is 2.21. The van der Waals surface area contributed by atoms with Crippen molar-refractivity contribution >= 4 is 17.7 Å². The number of nitrogens with zero attached hydrogens (tertiary/aromatic N) is 1. The van der Waals surface area contributed by atoms with Crippen molar-refractivity contribution in [2.45, 2.75) is 31.9 Å². The molecule has 0 aromatic heterocycles. The van der Waals surface area contributed by atoms with Gasteiger partial charge in [-0.1, -0.05) is 0 Å². The number of amides is 1. The van der Waals surface area contributed by atoms with Gasteiger partial charge in [-0.05, 0) is 19.8 Å². The molecule has 1 fully saturated rings. The molecule has 0 saturated carbocycles. The number of ether oxygens (including phenoxy) is 1. The lowest BCUT2D eigenvalue weighted by Gasteiger charge is -2.22. The van der Waals surface area contributed by atoms with Gasteiger partial charge in [0.1, 0.15) is 0 Å². The fourth-order valence-corrected chi connectivity index (χ4v) is 1.97. The van der Waals surface area contributed by atoms with Gasteiger partial charge in [0.15, 0.2) is 0 Å². The maximum atomic E-state index is 11.4. The molecule has 1 amide bonds. The molecule has 82 valence electrons. The smallest absolute Gasteiger partial charge is 0.410 e. The van der Waals surface area contributed by atoms with Gasteiger partial charge in [0.05, 0.1) is 19.3 Å². The molecule has 1 saturated heterocycles. The summed E-state index contributed by atoms with van der Waals surface area (Å²) in [6.45, 7) is 2.49. The second kappa shape index (κ2) is 5.41. The molecule has 0 aromatic rings. The summed E-state index contributed by atoms with van der Waals surface area (Å²) in [7, 11) is 0. The summed E-state index contributed by atoms with van der Waals surface area (Å²) < 4.78 is 4.88. The molecule has 1 N–H and O–H groups in total. The number of aliphatic hydroxyl groups is 1. The third kappa shape index (κ3) is 2.75. The van der Waals surface area contributed by atoms with E-state index in [2.05, 4.69) is 0 Å². The molecule has 0 unspecified atom stereocenters. The topological polar surface area (TPSA) is 49.8 Å². The zero-order valence-electron chi connectivity index (χ0n) is 8.28. The number of hydrogen-bond donors (Lipinski definition) is 1. The van der Waals surface area contributed by atoms with Crippen LogP contribution in [0.5, 0.6) is 0 Å². The molecule has 1 aliphatic rings. The van der Waals surface area contributed by atoms with Crippen molar-refractivity contribution in [3.05, 3.63) is 0 Å². The van der Waals surface area contributed by atoms with Crippen molar-refractivity contribution in [2.75, 3.05) is 19.0 Å². The number of carbonyl (C=O) groups excluding carboxylic acids is 1. The summed E-state index contributed by atoms with van der Waals surface area (Å²) in [4.78, 5) is 13.0. The van der Waals surface area contributed by atoms with E-state index >= 15 is 0 Å². The van der Waals surface area contributed by atoms with Crippen LogP contribution >= 0.6 is 11.6 Å². The lowest BCUT2D eigenvalue weighted by atomic mass is 10.1. The van der Waals surface area contributed by atoms with Crippen molar-refractivity contribution in [1.29, 1.82) is 0 Å². The molecule has 0 spiro atoms. The largest absolute Gasteiger partial charge is 0.450 e. The molecule has 2 atom stereocenters. The maximum Gasteiger partial charge on any atom is 0.410 e. The first-order chi connectivity index (χ1) is 6.69. The highest BCUT2D eigenvalue weighted by molar-refractivity contribution is 6.17. The fraction of sp³-hybridized carbons (Fsp3) is 0.889. The zero-order chi connectivity index (χ0) is 10.6. The van der Waals surface area contributed by atoms with Gasteiger partial charge in [-0.15, -0.1) is 11.6 Å². The van der Waals surface area contributed by atoms with Gasteiger partial charge < -0.3 is 14.7 Å². The molecule has 4 nitrogen and oxygen atoms in total. The van der Waals surface area contributed by atoms with Crippen LogP contribution in [0.15, 0.2) is 0 Å². The number of rotatable bonds is 3. The van der Waals surface area contributed by atoms with E-state index < -0.39 is 6.10 Å². The number of hydrogen-bond acceptors (Lipinski definition) is 3. The lowest BCUT2D eigenvalue weighted by Crippen LogP contribution is -2.36. The van der Waals surface area contributed by atoms with E-state index in [1.54, 1.807) is 11.8 Å². The van der Waals surface area contributed by atoms with E-state index in [-0.39, 0.29) is 12.1 Å². The Morgan fingerprint density at radius 1 is 1.71 bits per heavy atom. The summed E-state index contributed by atoms with van der Waals surface area (Å²) in [5.41, 5.74) is 0. The average molecular weight is 222 g/mol. The predicted molar refractivity (Wildman–Crippen MR) is 53.5 cm³/mol. The third-order valence-corrected chi connectivity index (χ3v) is 2.56.